The molecule has 9 heteroatoms. The number of nitrogens with zero attached hydrogens (tertiary/aromatic N) is 3. The van der Waals surface area contributed by atoms with E-state index in [2.05, 4.69) is 21.6 Å². The molecular formula is C35H45N4O5. The first-order chi connectivity index (χ1) is 21.6. The number of para-hydroxylation sites is 1. The summed E-state index contributed by atoms with van der Waals surface area (Å²) in [5.41, 5.74) is 4.56. The van der Waals surface area contributed by atoms with Crippen molar-refractivity contribution in [2.75, 3.05) is 78.3 Å². The van der Waals surface area contributed by atoms with Crippen molar-refractivity contribution < 1.29 is 23.8 Å². The van der Waals surface area contributed by atoms with Crippen molar-refractivity contribution in [1.82, 2.24) is 15.2 Å². The Hall–Kier alpha value is -3.60. The van der Waals surface area contributed by atoms with Crippen LogP contribution in [0.2, 0.25) is 0 Å². The maximum atomic E-state index is 13.5. The molecule has 0 aliphatic carbocycles. The second kappa shape index (κ2) is 18.3. The predicted molar refractivity (Wildman–Crippen MR) is 173 cm³/mol. The van der Waals surface area contributed by atoms with Crippen molar-refractivity contribution in [2.45, 2.75) is 19.4 Å². The summed E-state index contributed by atoms with van der Waals surface area (Å²) < 4.78 is 16.2. The molecule has 1 radical (unpaired) electrons. The van der Waals surface area contributed by atoms with Crippen LogP contribution in [0.3, 0.4) is 0 Å². The van der Waals surface area contributed by atoms with E-state index in [4.69, 9.17) is 14.2 Å². The summed E-state index contributed by atoms with van der Waals surface area (Å²) in [7, 11) is 3.39. The number of carbonyl (C=O) groups excluding carboxylic acids is 2. The fraction of sp³-hybridized carbons (Fsp3) is 0.400. The molecule has 0 bridgehead atoms. The van der Waals surface area contributed by atoms with Gasteiger partial charge >= 0.3 is 6.09 Å². The number of ether oxygens (including phenoxy) is 3. The van der Waals surface area contributed by atoms with E-state index in [0.29, 0.717) is 25.3 Å². The standard InChI is InChI=1S/C35H45N4O5/c1-42-25-22-37(23-26-43-2)28-29-15-17-31(18-16-29)34(40)27-36-19-24-44-35(41)39(38-20-9-4-10-21-38)33-14-8-7-13-32(33)30-11-5-3-6-12-30/h3-8,11-18,36H,9-10,19-28H2,1-2H3. The summed E-state index contributed by atoms with van der Waals surface area (Å²) in [4.78, 5) is 28.6. The van der Waals surface area contributed by atoms with E-state index < -0.39 is 6.09 Å². The van der Waals surface area contributed by atoms with Crippen molar-refractivity contribution in [1.29, 1.82) is 0 Å². The Balaban J connectivity index is 1.29. The molecule has 0 saturated carbocycles. The van der Waals surface area contributed by atoms with Gasteiger partial charge in [0.25, 0.3) is 0 Å². The van der Waals surface area contributed by atoms with Crippen LogP contribution >= 0.6 is 0 Å². The van der Waals surface area contributed by atoms with Gasteiger partial charge in [-0.2, -0.15) is 0 Å². The van der Waals surface area contributed by atoms with Gasteiger partial charge in [-0.3, -0.25) is 9.69 Å². The highest BCUT2D eigenvalue weighted by molar-refractivity contribution is 5.97. The number of nitrogens with one attached hydrogen (secondary N) is 1. The van der Waals surface area contributed by atoms with Crippen LogP contribution in [-0.2, 0) is 20.8 Å². The van der Waals surface area contributed by atoms with E-state index in [9.17, 15) is 9.59 Å². The highest BCUT2D eigenvalue weighted by atomic mass is 16.6. The molecule has 44 heavy (non-hydrogen) atoms. The minimum Gasteiger partial charge on any atom is -0.447 e. The number of hydrogen-bond acceptors (Lipinski definition) is 8. The van der Waals surface area contributed by atoms with E-state index in [-0.39, 0.29) is 18.9 Å². The normalized spacial score (nSPS) is 13.6. The number of anilines is 1. The smallest absolute Gasteiger partial charge is 0.429 e. The number of hydrazine groups is 1. The number of carbonyl (C=O) groups is 2. The van der Waals surface area contributed by atoms with E-state index >= 15 is 0 Å². The monoisotopic (exact) mass is 601 g/mol. The molecular weight excluding hydrogens is 556 g/mol. The number of methoxy groups -OCH3 is 2. The number of Topliss-reactive ketones (excluding diaryl/α,β-unsaturated/α-hetero) is 1. The van der Waals surface area contributed by atoms with Gasteiger partial charge in [-0.1, -0.05) is 72.8 Å². The first-order valence-corrected chi connectivity index (χ1v) is 15.3. The van der Waals surface area contributed by atoms with Crippen molar-refractivity contribution in [3.8, 4) is 11.1 Å². The molecule has 4 rings (SSSR count). The van der Waals surface area contributed by atoms with Crippen molar-refractivity contribution in [2.24, 2.45) is 0 Å². The lowest BCUT2D eigenvalue weighted by atomic mass is 10.0. The lowest BCUT2D eigenvalue weighted by molar-refractivity contribution is 0.0986. The topological polar surface area (TPSA) is 83.6 Å². The maximum absolute atomic E-state index is 13.5. The molecule has 0 spiro atoms. The lowest BCUT2D eigenvalue weighted by Crippen LogP contribution is -2.50. The second-order valence-electron chi connectivity index (χ2n) is 10.7. The minimum atomic E-state index is -0.427. The molecule has 1 fully saturated rings. The van der Waals surface area contributed by atoms with Crippen LogP contribution in [0.4, 0.5) is 10.5 Å². The van der Waals surface area contributed by atoms with Gasteiger partial charge in [-0.05, 0) is 36.5 Å². The Morgan fingerprint density at radius 2 is 1.48 bits per heavy atom. The molecule has 3 aromatic rings. The van der Waals surface area contributed by atoms with Gasteiger partial charge < -0.3 is 19.5 Å². The fourth-order valence-corrected chi connectivity index (χ4v) is 5.16. The number of benzene rings is 3. The first-order valence-electron chi connectivity index (χ1n) is 15.3. The maximum Gasteiger partial charge on any atom is 0.429 e. The average Bonchev–Trinajstić information content (AvgIpc) is 3.07. The summed E-state index contributed by atoms with van der Waals surface area (Å²) >= 11 is 0. The van der Waals surface area contributed by atoms with Crippen molar-refractivity contribution in [3.05, 3.63) is 96.4 Å². The van der Waals surface area contributed by atoms with Crippen LogP contribution < -0.4 is 10.3 Å². The lowest BCUT2D eigenvalue weighted by Gasteiger charge is -2.37. The quantitative estimate of drug-likeness (QED) is 0.170. The van der Waals surface area contributed by atoms with Crippen LogP contribution in [-0.4, -0.2) is 95.1 Å². The third-order valence-corrected chi connectivity index (χ3v) is 7.55. The van der Waals surface area contributed by atoms with Gasteiger partial charge in [-0.25, -0.2) is 14.8 Å². The van der Waals surface area contributed by atoms with Crippen LogP contribution in [0.1, 0.15) is 28.8 Å². The molecule has 0 unspecified atom stereocenters. The van der Waals surface area contributed by atoms with Crippen LogP contribution in [0.25, 0.3) is 11.1 Å². The van der Waals surface area contributed by atoms with Gasteiger partial charge in [-0.15, -0.1) is 0 Å². The summed E-state index contributed by atoms with van der Waals surface area (Å²) in [5.74, 6) is -0.0125. The molecule has 0 aromatic heterocycles. The molecule has 1 N–H and O–H groups in total. The Labute approximate surface area is 261 Å². The summed E-state index contributed by atoms with van der Waals surface area (Å²) in [5, 5.41) is 6.86. The Morgan fingerprint density at radius 3 is 2.16 bits per heavy atom. The Morgan fingerprint density at radius 1 is 0.818 bits per heavy atom. The van der Waals surface area contributed by atoms with E-state index in [1.54, 1.807) is 19.2 Å². The number of amides is 1. The van der Waals surface area contributed by atoms with Gasteiger partial charge in [0.15, 0.2) is 5.78 Å². The van der Waals surface area contributed by atoms with Crippen LogP contribution in [0.15, 0.2) is 78.9 Å². The molecule has 1 heterocycles. The summed E-state index contributed by atoms with van der Waals surface area (Å²) in [6, 6.07) is 25.7. The largest absolute Gasteiger partial charge is 0.447 e. The van der Waals surface area contributed by atoms with Crippen LogP contribution in [0, 0.1) is 6.42 Å². The first kappa shape index (κ1) is 33.3. The van der Waals surface area contributed by atoms with Crippen molar-refractivity contribution in [3.63, 3.8) is 0 Å². The molecule has 1 saturated heterocycles. The summed E-state index contributed by atoms with van der Waals surface area (Å²) in [6.45, 7) is 5.82. The third kappa shape index (κ3) is 9.97. The van der Waals surface area contributed by atoms with E-state index in [1.807, 2.05) is 78.9 Å². The van der Waals surface area contributed by atoms with E-state index in [1.165, 1.54) is 0 Å². The zero-order valence-corrected chi connectivity index (χ0v) is 26.0. The Kier molecular flexibility index (Phi) is 13.8. The molecule has 3 aromatic carbocycles. The number of piperidine rings is 1. The number of rotatable bonds is 17. The molecule has 0 atom stereocenters. The van der Waals surface area contributed by atoms with Crippen LogP contribution in [0.5, 0.6) is 0 Å². The number of ketones is 1. The zero-order valence-electron chi connectivity index (χ0n) is 26.0. The zero-order chi connectivity index (χ0) is 31.0. The SMILES string of the molecule is COCCN(CCOC)Cc1ccc(C(=O)CNCCOC(=O)N(c2ccccc2-c2ccccc2)N2CC[CH]CC2)cc1. The van der Waals surface area contributed by atoms with Gasteiger partial charge in [0.1, 0.15) is 6.61 Å². The minimum absolute atomic E-state index is 0.0125. The molecule has 235 valence electrons. The predicted octanol–water partition coefficient (Wildman–Crippen LogP) is 5.08. The van der Waals surface area contributed by atoms with Gasteiger partial charge in [0.2, 0.25) is 0 Å². The highest BCUT2D eigenvalue weighted by Crippen LogP contribution is 2.33. The summed E-state index contributed by atoms with van der Waals surface area (Å²) in [6.07, 6.45) is 3.63. The Bertz CT molecular complexity index is 1270. The third-order valence-electron chi connectivity index (χ3n) is 7.55. The average molecular weight is 602 g/mol. The number of hydrogen-bond donors (Lipinski definition) is 1. The fourth-order valence-electron chi connectivity index (χ4n) is 5.16. The second-order valence-corrected chi connectivity index (χ2v) is 10.7. The van der Waals surface area contributed by atoms with Gasteiger partial charge in [0.05, 0.1) is 25.4 Å². The molecule has 9 nitrogen and oxygen atoms in total. The highest BCUT2D eigenvalue weighted by Gasteiger charge is 2.28. The molecule has 1 amide bonds. The van der Waals surface area contributed by atoms with E-state index in [0.717, 1.165) is 67.9 Å². The van der Waals surface area contributed by atoms with Crippen molar-refractivity contribution >= 4 is 17.6 Å². The van der Waals surface area contributed by atoms with Gasteiger partial charge in [0, 0.05) is 64.6 Å². The molecule has 1 aliphatic rings. The molecule has 1 aliphatic heterocycles.